The molecule has 21 heavy (non-hydrogen) atoms. The Balaban J connectivity index is 2.30. The van der Waals surface area contributed by atoms with E-state index in [0.29, 0.717) is 31.9 Å². The number of aromatic nitrogens is 1. The Morgan fingerprint density at radius 2 is 2.05 bits per heavy atom. The first-order chi connectivity index (χ1) is 10.2. The van der Waals surface area contributed by atoms with Crippen molar-refractivity contribution in [3.63, 3.8) is 0 Å². The molecule has 0 aliphatic carbocycles. The van der Waals surface area contributed by atoms with Gasteiger partial charge in [-0.25, -0.2) is 0 Å². The van der Waals surface area contributed by atoms with Crippen molar-refractivity contribution in [1.29, 1.82) is 5.26 Å². The molecule has 3 N–H and O–H groups in total. The Hall–Kier alpha value is -2.16. The van der Waals surface area contributed by atoms with Crippen LogP contribution in [0.2, 0.25) is 0 Å². The van der Waals surface area contributed by atoms with Crippen LogP contribution in [0.1, 0.15) is 16.7 Å². The van der Waals surface area contributed by atoms with E-state index in [0.717, 1.165) is 16.6 Å². The Morgan fingerprint density at radius 1 is 1.29 bits per heavy atom. The van der Waals surface area contributed by atoms with Crippen LogP contribution in [0.5, 0.6) is 0 Å². The van der Waals surface area contributed by atoms with Crippen LogP contribution >= 0.6 is 0 Å². The van der Waals surface area contributed by atoms with E-state index in [4.69, 9.17) is 10.5 Å². The highest BCUT2D eigenvalue weighted by Crippen LogP contribution is 2.27. The summed E-state index contributed by atoms with van der Waals surface area (Å²) in [4.78, 5) is 4.36. The zero-order valence-electron chi connectivity index (χ0n) is 12.4. The van der Waals surface area contributed by atoms with Gasteiger partial charge >= 0.3 is 0 Å². The maximum Gasteiger partial charge on any atom is 0.103 e. The quantitative estimate of drug-likeness (QED) is 0.794. The van der Waals surface area contributed by atoms with Crippen LogP contribution in [0.4, 0.5) is 5.69 Å². The molecule has 0 atom stereocenters. The number of pyridine rings is 1. The van der Waals surface area contributed by atoms with Gasteiger partial charge in [-0.15, -0.1) is 0 Å². The third-order valence-corrected chi connectivity index (χ3v) is 3.41. The van der Waals surface area contributed by atoms with Gasteiger partial charge in [0.1, 0.15) is 6.07 Å². The van der Waals surface area contributed by atoms with Gasteiger partial charge in [0.15, 0.2) is 0 Å². The minimum atomic E-state index is 0.514. The number of fused-ring (bicyclic) bond motifs is 1. The Morgan fingerprint density at radius 3 is 2.76 bits per heavy atom. The average molecular weight is 284 g/mol. The standard InChI is InChI=1S/C16H20N4O/c1-11-7-14-15(8-12(11)2)20-10-13(9-18)16(14)19-4-6-21-5-3-17/h7-8,10H,3-6,17H2,1-2H3,(H,19,20). The highest BCUT2D eigenvalue weighted by Gasteiger charge is 2.09. The van der Waals surface area contributed by atoms with Gasteiger partial charge in [-0.1, -0.05) is 0 Å². The molecule has 0 saturated heterocycles. The van der Waals surface area contributed by atoms with E-state index in [9.17, 15) is 5.26 Å². The topological polar surface area (TPSA) is 84.0 Å². The van der Waals surface area contributed by atoms with E-state index in [-0.39, 0.29) is 0 Å². The first-order valence-electron chi connectivity index (χ1n) is 6.99. The molecule has 1 heterocycles. The number of anilines is 1. The summed E-state index contributed by atoms with van der Waals surface area (Å²) in [6.45, 7) is 6.35. The molecule has 0 aliphatic heterocycles. The van der Waals surface area contributed by atoms with Gasteiger partial charge in [-0.2, -0.15) is 5.26 Å². The van der Waals surface area contributed by atoms with Crippen molar-refractivity contribution >= 4 is 16.6 Å². The third kappa shape index (κ3) is 3.48. The van der Waals surface area contributed by atoms with Gasteiger partial charge in [0.25, 0.3) is 0 Å². The van der Waals surface area contributed by atoms with Gasteiger partial charge in [0.05, 0.1) is 30.0 Å². The fraction of sp³-hybridized carbons (Fsp3) is 0.375. The number of rotatable bonds is 6. The lowest BCUT2D eigenvalue weighted by atomic mass is 10.0. The molecule has 5 nitrogen and oxygen atoms in total. The number of hydrogen-bond donors (Lipinski definition) is 2. The molecule has 2 aromatic rings. The minimum Gasteiger partial charge on any atom is -0.381 e. The van der Waals surface area contributed by atoms with Gasteiger partial charge in [0, 0.05) is 24.7 Å². The summed E-state index contributed by atoms with van der Waals surface area (Å²) in [6, 6.07) is 6.30. The third-order valence-electron chi connectivity index (χ3n) is 3.41. The van der Waals surface area contributed by atoms with E-state index in [1.165, 1.54) is 11.1 Å². The molecular weight excluding hydrogens is 264 g/mol. The molecule has 110 valence electrons. The number of benzene rings is 1. The summed E-state index contributed by atoms with van der Waals surface area (Å²) in [7, 11) is 0. The molecule has 1 aromatic heterocycles. The lowest BCUT2D eigenvalue weighted by Gasteiger charge is -2.13. The number of nitrogens with one attached hydrogen (secondary N) is 1. The van der Waals surface area contributed by atoms with Crippen LogP contribution in [0, 0.1) is 25.2 Å². The number of hydrogen-bond acceptors (Lipinski definition) is 5. The van der Waals surface area contributed by atoms with E-state index in [2.05, 4.69) is 36.3 Å². The van der Waals surface area contributed by atoms with Crippen LogP contribution in [0.3, 0.4) is 0 Å². The van der Waals surface area contributed by atoms with Crippen molar-refractivity contribution in [2.45, 2.75) is 13.8 Å². The van der Waals surface area contributed by atoms with Crippen LogP contribution in [0.25, 0.3) is 10.9 Å². The highest BCUT2D eigenvalue weighted by molar-refractivity contribution is 5.94. The molecule has 0 amide bonds. The first-order valence-corrected chi connectivity index (χ1v) is 6.99. The predicted molar refractivity (Wildman–Crippen MR) is 84.3 cm³/mol. The second-order valence-electron chi connectivity index (χ2n) is 4.94. The first kappa shape index (κ1) is 15.2. The molecule has 0 spiro atoms. The number of nitrogens with zero attached hydrogens (tertiary/aromatic N) is 2. The van der Waals surface area contributed by atoms with Crippen molar-refractivity contribution in [1.82, 2.24) is 4.98 Å². The molecule has 2 rings (SSSR count). The molecular formula is C16H20N4O. The molecule has 0 fully saturated rings. The van der Waals surface area contributed by atoms with Gasteiger partial charge < -0.3 is 15.8 Å². The highest BCUT2D eigenvalue weighted by atomic mass is 16.5. The van der Waals surface area contributed by atoms with E-state index < -0.39 is 0 Å². The monoisotopic (exact) mass is 284 g/mol. The van der Waals surface area contributed by atoms with Crippen LogP contribution in [-0.4, -0.2) is 31.3 Å². The van der Waals surface area contributed by atoms with Crippen molar-refractivity contribution < 1.29 is 4.74 Å². The fourth-order valence-electron chi connectivity index (χ4n) is 2.16. The van der Waals surface area contributed by atoms with Crippen LogP contribution < -0.4 is 11.1 Å². The number of nitrogens with two attached hydrogens (primary N) is 1. The molecule has 0 aliphatic rings. The average Bonchev–Trinajstić information content (AvgIpc) is 2.48. The summed E-state index contributed by atoms with van der Waals surface area (Å²) >= 11 is 0. The zero-order chi connectivity index (χ0) is 15.2. The van der Waals surface area contributed by atoms with Gasteiger partial charge in [-0.3, -0.25) is 4.98 Å². The zero-order valence-corrected chi connectivity index (χ0v) is 12.4. The normalized spacial score (nSPS) is 10.6. The number of nitriles is 1. The van der Waals surface area contributed by atoms with Crippen molar-refractivity contribution in [3.8, 4) is 6.07 Å². The molecule has 0 bridgehead atoms. The second kappa shape index (κ2) is 7.02. The largest absolute Gasteiger partial charge is 0.381 e. The van der Waals surface area contributed by atoms with E-state index in [1.54, 1.807) is 6.20 Å². The fourth-order valence-corrected chi connectivity index (χ4v) is 2.16. The van der Waals surface area contributed by atoms with Crippen molar-refractivity contribution in [2.24, 2.45) is 5.73 Å². The van der Waals surface area contributed by atoms with Crippen molar-refractivity contribution in [3.05, 3.63) is 35.0 Å². The smallest absolute Gasteiger partial charge is 0.103 e. The summed E-state index contributed by atoms with van der Waals surface area (Å²) < 4.78 is 5.35. The minimum absolute atomic E-state index is 0.514. The van der Waals surface area contributed by atoms with Crippen molar-refractivity contribution in [2.75, 3.05) is 31.6 Å². The molecule has 0 unspecified atom stereocenters. The van der Waals surface area contributed by atoms with Gasteiger partial charge in [-0.05, 0) is 37.1 Å². The molecule has 0 saturated carbocycles. The molecule has 5 heteroatoms. The van der Waals surface area contributed by atoms with Crippen LogP contribution in [0.15, 0.2) is 18.3 Å². The maximum absolute atomic E-state index is 9.26. The summed E-state index contributed by atoms with van der Waals surface area (Å²) in [5.41, 5.74) is 10.0. The van der Waals surface area contributed by atoms with E-state index >= 15 is 0 Å². The summed E-state index contributed by atoms with van der Waals surface area (Å²) in [5.74, 6) is 0. The Kier molecular flexibility index (Phi) is 5.09. The molecule has 0 radical (unpaired) electrons. The lowest BCUT2D eigenvalue weighted by molar-refractivity contribution is 0.151. The summed E-state index contributed by atoms with van der Waals surface area (Å²) in [6.07, 6.45) is 1.61. The predicted octanol–water partition coefficient (Wildman–Crippen LogP) is 2.11. The maximum atomic E-state index is 9.26. The SMILES string of the molecule is Cc1cc2ncc(C#N)c(NCCOCCN)c2cc1C. The second-order valence-corrected chi connectivity index (χ2v) is 4.94. The number of aryl methyl sites for hydroxylation is 2. The van der Waals surface area contributed by atoms with Gasteiger partial charge in [0.2, 0.25) is 0 Å². The van der Waals surface area contributed by atoms with Crippen LogP contribution in [-0.2, 0) is 4.74 Å². The lowest BCUT2D eigenvalue weighted by Crippen LogP contribution is -2.15. The summed E-state index contributed by atoms with van der Waals surface area (Å²) in [5, 5.41) is 13.5. The Labute approximate surface area is 124 Å². The molecule has 1 aromatic carbocycles. The van der Waals surface area contributed by atoms with E-state index in [1.807, 2.05) is 6.07 Å². The number of ether oxygens (including phenoxy) is 1. The Bertz CT molecular complexity index is 676.